The fraction of sp³-hybridized carbons (Fsp3) is 0.853. The normalized spacial score (nSPS) is 18.5. The molecule has 1 aliphatic heterocycles. The molecule has 9 heteroatoms. The number of hydrogen-bond donors (Lipinski definition) is 6. The summed E-state index contributed by atoms with van der Waals surface area (Å²) in [5.41, 5.74) is 0. The summed E-state index contributed by atoms with van der Waals surface area (Å²) < 4.78 is 11.3. The molecule has 6 N–H and O–H groups in total. The van der Waals surface area contributed by atoms with Gasteiger partial charge in [0.25, 0.3) is 0 Å². The third-order valence-corrected chi connectivity index (χ3v) is 17.3. The first-order valence-electron chi connectivity index (χ1n) is 36.5. The van der Waals surface area contributed by atoms with Gasteiger partial charge in [-0.3, -0.25) is 4.79 Å². The van der Waals surface area contributed by atoms with Gasteiger partial charge in [0, 0.05) is 6.42 Å². The molecule has 7 unspecified atom stereocenters. The molecule has 0 bridgehead atoms. The first kappa shape index (κ1) is 79.9. The van der Waals surface area contributed by atoms with E-state index < -0.39 is 49.5 Å². The standard InChI is InChI=1S/C75H139NO8/c1-3-5-7-9-11-13-15-17-19-21-23-25-27-29-30-31-32-33-34-35-36-37-38-39-40-41-43-45-47-49-51-53-55-57-59-61-63-65-71(79)76-68(67-83-75-74(82)73(81)72(80)70(66-77)84-75)69(78)64-62-60-58-56-54-52-50-48-46-44-42-28-26-24-22-20-18-16-14-12-10-8-6-4-2/h15,17,21,23,46,48,54,56,62,64,68-70,72-75,77-78,80-82H,3-14,16,18-20,22,24-45,47,49-53,55,57-61,63,65-67H2,1-2H3,(H,76,79)/b17-15-,23-21-,48-46+,56-54+,64-62+. The number of aliphatic hydroxyl groups is 5. The Morgan fingerprint density at radius 2 is 0.714 bits per heavy atom. The molecule has 0 saturated carbocycles. The van der Waals surface area contributed by atoms with Crippen LogP contribution in [0.4, 0.5) is 0 Å². The Bertz CT molecular complexity index is 1510. The van der Waals surface area contributed by atoms with Crippen LogP contribution in [0.1, 0.15) is 354 Å². The zero-order chi connectivity index (χ0) is 60.7. The van der Waals surface area contributed by atoms with E-state index in [0.29, 0.717) is 6.42 Å². The third kappa shape index (κ3) is 51.9. The van der Waals surface area contributed by atoms with E-state index >= 15 is 0 Å². The molecule has 0 aliphatic carbocycles. The lowest BCUT2D eigenvalue weighted by Gasteiger charge is -2.40. The van der Waals surface area contributed by atoms with E-state index in [0.717, 1.165) is 51.4 Å². The monoisotopic (exact) mass is 1180 g/mol. The second-order valence-electron chi connectivity index (χ2n) is 25.4. The maximum Gasteiger partial charge on any atom is 0.220 e. The van der Waals surface area contributed by atoms with Crippen molar-refractivity contribution in [3.05, 3.63) is 60.8 Å². The average Bonchev–Trinajstić information content (AvgIpc) is 3.70. The van der Waals surface area contributed by atoms with Crippen LogP contribution >= 0.6 is 0 Å². The molecule has 1 fully saturated rings. The molecule has 1 rings (SSSR count). The minimum absolute atomic E-state index is 0.185. The Morgan fingerprint density at radius 3 is 1.07 bits per heavy atom. The minimum atomic E-state index is -1.58. The summed E-state index contributed by atoms with van der Waals surface area (Å²) in [4.78, 5) is 13.1. The summed E-state index contributed by atoms with van der Waals surface area (Å²) in [5.74, 6) is -0.185. The maximum absolute atomic E-state index is 13.1. The highest BCUT2D eigenvalue weighted by Crippen LogP contribution is 2.23. The van der Waals surface area contributed by atoms with Crippen molar-refractivity contribution in [2.75, 3.05) is 13.2 Å². The van der Waals surface area contributed by atoms with Gasteiger partial charge in [0.2, 0.25) is 5.91 Å². The van der Waals surface area contributed by atoms with E-state index in [1.54, 1.807) is 6.08 Å². The van der Waals surface area contributed by atoms with Gasteiger partial charge in [0.05, 0.1) is 25.4 Å². The molecule has 0 aromatic carbocycles. The molecule has 7 atom stereocenters. The summed E-state index contributed by atoms with van der Waals surface area (Å²) >= 11 is 0. The lowest BCUT2D eigenvalue weighted by atomic mass is 9.99. The van der Waals surface area contributed by atoms with Crippen molar-refractivity contribution in [2.45, 2.75) is 397 Å². The molecule has 1 aliphatic rings. The fourth-order valence-corrected chi connectivity index (χ4v) is 11.6. The van der Waals surface area contributed by atoms with Crippen LogP contribution in [-0.2, 0) is 14.3 Å². The molecule has 0 radical (unpaired) electrons. The molecule has 9 nitrogen and oxygen atoms in total. The van der Waals surface area contributed by atoms with Crippen LogP contribution in [0.15, 0.2) is 60.8 Å². The van der Waals surface area contributed by atoms with Gasteiger partial charge >= 0.3 is 0 Å². The number of ether oxygens (including phenoxy) is 2. The van der Waals surface area contributed by atoms with Crippen molar-refractivity contribution in [2.24, 2.45) is 0 Å². The Balaban J connectivity index is 2.10. The Morgan fingerprint density at radius 1 is 0.405 bits per heavy atom. The largest absolute Gasteiger partial charge is 0.394 e. The van der Waals surface area contributed by atoms with E-state index in [1.165, 1.54) is 283 Å². The zero-order valence-electron chi connectivity index (χ0n) is 55.2. The van der Waals surface area contributed by atoms with E-state index in [2.05, 4.69) is 67.8 Å². The van der Waals surface area contributed by atoms with E-state index in [4.69, 9.17) is 9.47 Å². The van der Waals surface area contributed by atoms with E-state index in [9.17, 15) is 30.3 Å². The number of amides is 1. The van der Waals surface area contributed by atoms with Crippen LogP contribution in [0.2, 0.25) is 0 Å². The topological polar surface area (TPSA) is 149 Å². The van der Waals surface area contributed by atoms with Crippen LogP contribution in [-0.4, -0.2) is 87.5 Å². The number of nitrogens with one attached hydrogen (secondary N) is 1. The van der Waals surface area contributed by atoms with Crippen molar-refractivity contribution < 1.29 is 39.8 Å². The minimum Gasteiger partial charge on any atom is -0.394 e. The average molecular weight is 1180 g/mol. The highest BCUT2D eigenvalue weighted by atomic mass is 16.7. The van der Waals surface area contributed by atoms with E-state index in [1.807, 2.05) is 6.08 Å². The number of allylic oxidation sites excluding steroid dienone is 9. The summed E-state index contributed by atoms with van der Waals surface area (Å²) in [7, 11) is 0. The molecule has 492 valence electrons. The smallest absolute Gasteiger partial charge is 0.220 e. The highest BCUT2D eigenvalue weighted by molar-refractivity contribution is 5.76. The second-order valence-corrected chi connectivity index (χ2v) is 25.4. The Kier molecular flexibility index (Phi) is 60.8. The summed E-state index contributed by atoms with van der Waals surface area (Å²) in [6.07, 6.45) is 82.1. The maximum atomic E-state index is 13.1. The number of rotatable bonds is 64. The number of aliphatic hydroxyl groups excluding tert-OH is 5. The molecule has 84 heavy (non-hydrogen) atoms. The quantitative estimate of drug-likeness (QED) is 0.0261. The number of carbonyl (C=O) groups excluding carboxylic acids is 1. The molecule has 0 aromatic heterocycles. The molecule has 1 heterocycles. The van der Waals surface area contributed by atoms with Gasteiger partial charge in [-0.15, -0.1) is 0 Å². The van der Waals surface area contributed by atoms with Crippen LogP contribution in [0.25, 0.3) is 0 Å². The summed E-state index contributed by atoms with van der Waals surface area (Å²) in [6, 6.07) is -0.830. The highest BCUT2D eigenvalue weighted by Gasteiger charge is 2.44. The first-order chi connectivity index (χ1) is 41.3. The van der Waals surface area contributed by atoms with Gasteiger partial charge in [-0.1, -0.05) is 331 Å². The first-order valence-corrected chi connectivity index (χ1v) is 36.5. The van der Waals surface area contributed by atoms with E-state index in [-0.39, 0.29) is 12.5 Å². The number of carbonyl (C=O) groups is 1. The SMILES string of the molecule is CCCCCCC/C=C\C/C=C\CCCCCCCCCCCCCCCCCCCCCCCCCCCC(=O)NC(COC1OC(CO)C(O)C(O)C1O)C(O)/C=C/CC/C=C/CC/C=C/CCCCCCCCCCCCCCCC. The molecule has 0 aromatic rings. The molecule has 1 saturated heterocycles. The van der Waals surface area contributed by atoms with Crippen molar-refractivity contribution in [3.63, 3.8) is 0 Å². The third-order valence-electron chi connectivity index (χ3n) is 17.3. The predicted molar refractivity (Wildman–Crippen MR) is 359 cm³/mol. The van der Waals surface area contributed by atoms with Gasteiger partial charge in [0.15, 0.2) is 6.29 Å². The number of hydrogen-bond acceptors (Lipinski definition) is 8. The van der Waals surface area contributed by atoms with Gasteiger partial charge in [-0.2, -0.15) is 0 Å². The lowest BCUT2D eigenvalue weighted by Crippen LogP contribution is -2.60. The Hall–Kier alpha value is -2.11. The van der Waals surface area contributed by atoms with Crippen molar-refractivity contribution in [3.8, 4) is 0 Å². The van der Waals surface area contributed by atoms with Crippen molar-refractivity contribution >= 4 is 5.91 Å². The fourth-order valence-electron chi connectivity index (χ4n) is 11.6. The van der Waals surface area contributed by atoms with Gasteiger partial charge in [0.1, 0.15) is 24.4 Å². The molecular formula is C75H139NO8. The van der Waals surface area contributed by atoms with Crippen LogP contribution in [0.5, 0.6) is 0 Å². The Labute approximate surface area is 519 Å². The molecular weight excluding hydrogens is 1040 g/mol. The predicted octanol–water partition coefficient (Wildman–Crippen LogP) is 20.1. The van der Waals surface area contributed by atoms with Gasteiger partial charge in [-0.05, 0) is 77.0 Å². The summed E-state index contributed by atoms with van der Waals surface area (Å²) in [5, 5.41) is 54.7. The number of unbranched alkanes of at least 4 members (excludes halogenated alkanes) is 46. The van der Waals surface area contributed by atoms with Crippen LogP contribution in [0.3, 0.4) is 0 Å². The van der Waals surface area contributed by atoms with Gasteiger partial charge in [-0.25, -0.2) is 0 Å². The second kappa shape index (κ2) is 63.9. The van der Waals surface area contributed by atoms with Gasteiger partial charge < -0.3 is 40.3 Å². The summed E-state index contributed by atoms with van der Waals surface area (Å²) in [6.45, 7) is 3.79. The lowest BCUT2D eigenvalue weighted by molar-refractivity contribution is -0.302. The van der Waals surface area contributed by atoms with Crippen molar-refractivity contribution in [1.29, 1.82) is 0 Å². The molecule has 0 spiro atoms. The van der Waals surface area contributed by atoms with Crippen molar-refractivity contribution in [1.82, 2.24) is 5.32 Å². The van der Waals surface area contributed by atoms with Crippen LogP contribution < -0.4 is 5.32 Å². The van der Waals surface area contributed by atoms with Crippen LogP contribution in [0, 0.1) is 0 Å². The zero-order valence-corrected chi connectivity index (χ0v) is 55.2. The molecule has 1 amide bonds.